The van der Waals surface area contributed by atoms with Crippen molar-refractivity contribution in [1.82, 2.24) is 19.7 Å². The molecule has 0 aliphatic rings. The van der Waals surface area contributed by atoms with Crippen molar-refractivity contribution in [3.8, 4) is 23.0 Å². The number of benzene rings is 1. The molecule has 0 unspecified atom stereocenters. The minimum Gasteiger partial charge on any atom is -0.487 e. The summed E-state index contributed by atoms with van der Waals surface area (Å²) in [6, 6.07) is 20.7. The van der Waals surface area contributed by atoms with Gasteiger partial charge < -0.3 is 9.47 Å². The van der Waals surface area contributed by atoms with Crippen molar-refractivity contribution in [2.75, 3.05) is 6.61 Å². The smallest absolute Gasteiger partial charge is 0.358 e. The fourth-order valence-corrected chi connectivity index (χ4v) is 2.88. The molecule has 7 heteroatoms. The van der Waals surface area contributed by atoms with Crippen molar-refractivity contribution in [1.29, 1.82) is 0 Å². The summed E-state index contributed by atoms with van der Waals surface area (Å²) in [7, 11) is 0. The molecule has 3 heterocycles. The topological polar surface area (TPSA) is 79.1 Å². The fraction of sp³-hybridized carbons (Fsp3) is 0.130. The van der Waals surface area contributed by atoms with Crippen LogP contribution in [0, 0.1) is 0 Å². The van der Waals surface area contributed by atoms with Gasteiger partial charge >= 0.3 is 5.97 Å². The molecule has 3 aromatic heterocycles. The van der Waals surface area contributed by atoms with Crippen molar-refractivity contribution in [3.05, 3.63) is 90.4 Å². The van der Waals surface area contributed by atoms with Gasteiger partial charge in [-0.05, 0) is 36.8 Å². The first-order valence-corrected chi connectivity index (χ1v) is 9.56. The number of carbonyl (C=O) groups is 1. The predicted molar refractivity (Wildman–Crippen MR) is 111 cm³/mol. The van der Waals surface area contributed by atoms with E-state index in [1.54, 1.807) is 30.1 Å². The van der Waals surface area contributed by atoms with Crippen LogP contribution in [0.5, 0.6) is 5.75 Å². The van der Waals surface area contributed by atoms with Gasteiger partial charge in [0.1, 0.15) is 12.4 Å². The van der Waals surface area contributed by atoms with Gasteiger partial charge in [-0.25, -0.2) is 14.5 Å². The monoisotopic (exact) mass is 400 g/mol. The van der Waals surface area contributed by atoms with Gasteiger partial charge in [-0.3, -0.25) is 4.98 Å². The maximum absolute atomic E-state index is 12.2. The first-order chi connectivity index (χ1) is 14.7. The predicted octanol–water partition coefficient (Wildman–Crippen LogP) is 4.09. The van der Waals surface area contributed by atoms with Crippen molar-refractivity contribution in [3.63, 3.8) is 0 Å². The highest BCUT2D eigenvalue weighted by atomic mass is 16.5. The van der Waals surface area contributed by atoms with Gasteiger partial charge in [0.2, 0.25) is 0 Å². The third-order valence-electron chi connectivity index (χ3n) is 4.31. The first-order valence-electron chi connectivity index (χ1n) is 9.56. The molecule has 0 amide bonds. The summed E-state index contributed by atoms with van der Waals surface area (Å²) in [5, 5.41) is 4.38. The molecule has 0 N–H and O–H groups in total. The summed E-state index contributed by atoms with van der Waals surface area (Å²) in [5.74, 6) is 0.739. The summed E-state index contributed by atoms with van der Waals surface area (Å²) < 4.78 is 12.5. The van der Waals surface area contributed by atoms with E-state index in [9.17, 15) is 4.79 Å². The number of pyridine rings is 2. The minimum atomic E-state index is -0.490. The Balaban J connectivity index is 1.61. The third-order valence-corrected chi connectivity index (χ3v) is 4.31. The van der Waals surface area contributed by atoms with Gasteiger partial charge in [-0.1, -0.05) is 36.4 Å². The number of hydrogen-bond donors (Lipinski definition) is 0. The van der Waals surface area contributed by atoms with Gasteiger partial charge in [0.25, 0.3) is 0 Å². The average Bonchev–Trinajstić information content (AvgIpc) is 3.25. The lowest BCUT2D eigenvalue weighted by atomic mass is 10.2. The van der Waals surface area contributed by atoms with Gasteiger partial charge in [-0.2, -0.15) is 5.10 Å². The second-order valence-corrected chi connectivity index (χ2v) is 6.39. The Bertz CT molecular complexity index is 1110. The molecule has 4 rings (SSSR count). The summed E-state index contributed by atoms with van der Waals surface area (Å²) in [6.07, 6.45) is 3.32. The number of carbonyl (C=O) groups excluding carboxylic acids is 1. The third kappa shape index (κ3) is 4.35. The molecule has 4 aromatic rings. The van der Waals surface area contributed by atoms with Crippen LogP contribution in [0.4, 0.5) is 0 Å². The molecule has 0 aliphatic carbocycles. The second kappa shape index (κ2) is 9.00. The van der Waals surface area contributed by atoms with Gasteiger partial charge in [0, 0.05) is 12.3 Å². The van der Waals surface area contributed by atoms with Crippen LogP contribution in [0.2, 0.25) is 0 Å². The maximum Gasteiger partial charge on any atom is 0.358 e. The van der Waals surface area contributed by atoms with Crippen LogP contribution in [-0.4, -0.2) is 32.3 Å². The summed E-state index contributed by atoms with van der Waals surface area (Å²) in [4.78, 5) is 21.0. The van der Waals surface area contributed by atoms with Crippen LogP contribution in [-0.2, 0) is 11.3 Å². The standard InChI is InChI=1S/C23H20N4O3/c1-2-29-23(28)20-14-21(27(26-20)22-10-6-7-13-24-22)19-12-11-18(15-25-19)30-16-17-8-4-3-5-9-17/h3-15H,2,16H2,1H3. The lowest BCUT2D eigenvalue weighted by molar-refractivity contribution is 0.0519. The Kier molecular flexibility index (Phi) is 5.80. The SMILES string of the molecule is CCOC(=O)c1cc(-c2ccc(OCc3ccccc3)cn2)n(-c2ccccn2)n1. The number of esters is 1. The number of ether oxygens (including phenoxy) is 2. The molecule has 0 saturated carbocycles. The van der Waals surface area contributed by atoms with Crippen LogP contribution >= 0.6 is 0 Å². The molecule has 0 bridgehead atoms. The maximum atomic E-state index is 12.2. The van der Waals surface area contributed by atoms with Crippen molar-refractivity contribution in [2.45, 2.75) is 13.5 Å². The number of rotatable bonds is 7. The van der Waals surface area contributed by atoms with E-state index in [4.69, 9.17) is 9.47 Å². The molecule has 150 valence electrons. The Labute approximate surface area is 173 Å². The highest BCUT2D eigenvalue weighted by molar-refractivity contribution is 5.88. The number of nitrogens with zero attached hydrogens (tertiary/aromatic N) is 4. The quantitative estimate of drug-likeness (QED) is 0.435. The van der Waals surface area contributed by atoms with Crippen LogP contribution in [0.25, 0.3) is 17.2 Å². The van der Waals surface area contributed by atoms with Crippen LogP contribution in [0.15, 0.2) is 79.1 Å². The molecule has 0 spiro atoms. The van der Waals surface area contributed by atoms with Gasteiger partial charge in [0.15, 0.2) is 11.5 Å². The Morgan fingerprint density at radius 3 is 2.53 bits per heavy atom. The largest absolute Gasteiger partial charge is 0.487 e. The molecule has 30 heavy (non-hydrogen) atoms. The molecule has 0 saturated heterocycles. The van der Waals surface area contributed by atoms with E-state index in [1.807, 2.05) is 60.7 Å². The lowest BCUT2D eigenvalue weighted by Crippen LogP contribution is -2.07. The average molecular weight is 400 g/mol. The van der Waals surface area contributed by atoms with E-state index >= 15 is 0 Å². The molecule has 0 aliphatic heterocycles. The van der Waals surface area contributed by atoms with Crippen molar-refractivity contribution in [2.24, 2.45) is 0 Å². The summed E-state index contributed by atoms with van der Waals surface area (Å²) in [6.45, 7) is 2.49. The number of hydrogen-bond acceptors (Lipinski definition) is 6. The first kappa shape index (κ1) is 19.3. The normalized spacial score (nSPS) is 10.6. The molecular formula is C23H20N4O3. The van der Waals surface area contributed by atoms with E-state index in [0.717, 1.165) is 5.56 Å². The lowest BCUT2D eigenvalue weighted by Gasteiger charge is -2.08. The van der Waals surface area contributed by atoms with E-state index in [0.29, 0.717) is 29.6 Å². The molecule has 0 atom stereocenters. The second-order valence-electron chi connectivity index (χ2n) is 6.39. The van der Waals surface area contributed by atoms with E-state index < -0.39 is 5.97 Å². The highest BCUT2D eigenvalue weighted by Gasteiger charge is 2.19. The Hall–Kier alpha value is -4.00. The van der Waals surface area contributed by atoms with Crippen LogP contribution in [0.3, 0.4) is 0 Å². The van der Waals surface area contributed by atoms with E-state index in [-0.39, 0.29) is 12.3 Å². The zero-order valence-corrected chi connectivity index (χ0v) is 16.4. The molecule has 1 aromatic carbocycles. The van der Waals surface area contributed by atoms with Crippen molar-refractivity contribution >= 4 is 5.97 Å². The highest BCUT2D eigenvalue weighted by Crippen LogP contribution is 2.24. The van der Waals surface area contributed by atoms with Crippen LogP contribution in [0.1, 0.15) is 23.0 Å². The zero-order valence-electron chi connectivity index (χ0n) is 16.4. The minimum absolute atomic E-state index is 0.198. The molecule has 0 radical (unpaired) electrons. The molecule has 0 fully saturated rings. The Morgan fingerprint density at radius 2 is 1.83 bits per heavy atom. The fourth-order valence-electron chi connectivity index (χ4n) is 2.88. The summed E-state index contributed by atoms with van der Waals surface area (Å²) >= 11 is 0. The summed E-state index contributed by atoms with van der Waals surface area (Å²) in [5.41, 5.74) is 2.54. The van der Waals surface area contributed by atoms with Gasteiger partial charge in [-0.15, -0.1) is 0 Å². The van der Waals surface area contributed by atoms with E-state index in [2.05, 4.69) is 15.1 Å². The Morgan fingerprint density at radius 1 is 1.00 bits per heavy atom. The van der Waals surface area contributed by atoms with E-state index in [1.165, 1.54) is 0 Å². The zero-order chi connectivity index (χ0) is 20.8. The van der Waals surface area contributed by atoms with Gasteiger partial charge in [0.05, 0.1) is 24.2 Å². The number of aromatic nitrogens is 4. The molecular weight excluding hydrogens is 380 g/mol. The van der Waals surface area contributed by atoms with Crippen LogP contribution < -0.4 is 4.74 Å². The van der Waals surface area contributed by atoms with Crippen molar-refractivity contribution < 1.29 is 14.3 Å². The molecule has 7 nitrogen and oxygen atoms in total.